The Hall–Kier alpha value is -2.20. The normalized spacial score (nSPS) is 16.0. The molecule has 1 aliphatic rings. The predicted octanol–water partition coefficient (Wildman–Crippen LogP) is 3.68. The SMILES string of the molecule is Cc1ccc(C2=NC(=Cc3cccc(Br)c3)C(=O)N2)cc1. The Bertz CT molecular complexity index is 761. The fourth-order valence-electron chi connectivity index (χ4n) is 2.07. The molecule has 0 unspecified atom stereocenters. The Kier molecular flexibility index (Phi) is 3.71. The first-order chi connectivity index (χ1) is 10.1. The first-order valence-electron chi connectivity index (χ1n) is 6.56. The van der Waals surface area contributed by atoms with E-state index in [2.05, 4.69) is 26.2 Å². The second-order valence-corrected chi connectivity index (χ2v) is 5.78. The van der Waals surface area contributed by atoms with Crippen LogP contribution in [0, 0.1) is 6.92 Å². The largest absolute Gasteiger partial charge is 0.305 e. The highest BCUT2D eigenvalue weighted by molar-refractivity contribution is 9.10. The molecular formula is C17H13BrN2O. The monoisotopic (exact) mass is 340 g/mol. The predicted molar refractivity (Wildman–Crippen MR) is 88.0 cm³/mol. The van der Waals surface area contributed by atoms with E-state index in [1.54, 1.807) is 6.08 Å². The van der Waals surface area contributed by atoms with E-state index in [0.29, 0.717) is 11.5 Å². The number of hydrogen-bond acceptors (Lipinski definition) is 2. The molecule has 4 heteroatoms. The van der Waals surface area contributed by atoms with Gasteiger partial charge in [-0.1, -0.05) is 57.9 Å². The van der Waals surface area contributed by atoms with Crippen LogP contribution >= 0.6 is 15.9 Å². The number of amides is 1. The summed E-state index contributed by atoms with van der Waals surface area (Å²) in [6.07, 6.45) is 1.78. The number of aliphatic imine (C=N–C) groups is 1. The average molecular weight is 341 g/mol. The lowest BCUT2D eigenvalue weighted by Crippen LogP contribution is -2.24. The van der Waals surface area contributed by atoms with Crippen LogP contribution in [0.3, 0.4) is 0 Å². The van der Waals surface area contributed by atoms with Gasteiger partial charge >= 0.3 is 0 Å². The quantitative estimate of drug-likeness (QED) is 0.832. The first kappa shape index (κ1) is 13.8. The van der Waals surface area contributed by atoms with Gasteiger partial charge in [0.25, 0.3) is 5.91 Å². The summed E-state index contributed by atoms with van der Waals surface area (Å²) in [5.41, 5.74) is 3.44. The molecule has 2 aromatic rings. The highest BCUT2D eigenvalue weighted by Crippen LogP contribution is 2.18. The second kappa shape index (κ2) is 5.66. The fourth-order valence-corrected chi connectivity index (χ4v) is 2.49. The molecule has 0 aliphatic carbocycles. The molecular weight excluding hydrogens is 328 g/mol. The summed E-state index contributed by atoms with van der Waals surface area (Å²) in [6.45, 7) is 2.03. The molecule has 104 valence electrons. The Morgan fingerprint density at radius 1 is 1.14 bits per heavy atom. The minimum atomic E-state index is -0.175. The molecule has 0 aromatic heterocycles. The molecule has 2 aromatic carbocycles. The van der Waals surface area contributed by atoms with Gasteiger partial charge in [-0.25, -0.2) is 4.99 Å². The molecule has 21 heavy (non-hydrogen) atoms. The van der Waals surface area contributed by atoms with E-state index in [-0.39, 0.29) is 5.91 Å². The van der Waals surface area contributed by atoms with E-state index in [4.69, 9.17) is 0 Å². The zero-order chi connectivity index (χ0) is 14.8. The molecule has 1 heterocycles. The molecule has 1 amide bonds. The molecule has 3 nitrogen and oxygen atoms in total. The molecule has 1 N–H and O–H groups in total. The first-order valence-corrected chi connectivity index (χ1v) is 7.35. The number of carbonyl (C=O) groups is 1. The maximum absolute atomic E-state index is 12.0. The molecule has 0 bridgehead atoms. The van der Waals surface area contributed by atoms with Gasteiger partial charge in [0.1, 0.15) is 11.5 Å². The van der Waals surface area contributed by atoms with Crippen LogP contribution in [0.2, 0.25) is 0 Å². The number of halogens is 1. The Morgan fingerprint density at radius 2 is 1.90 bits per heavy atom. The highest BCUT2D eigenvalue weighted by atomic mass is 79.9. The molecule has 0 spiro atoms. The van der Waals surface area contributed by atoms with Gasteiger partial charge in [-0.3, -0.25) is 4.79 Å². The highest BCUT2D eigenvalue weighted by Gasteiger charge is 2.20. The van der Waals surface area contributed by atoms with Gasteiger partial charge in [-0.05, 0) is 30.7 Å². The van der Waals surface area contributed by atoms with Crippen molar-refractivity contribution in [3.8, 4) is 0 Å². The van der Waals surface area contributed by atoms with Crippen LogP contribution in [-0.2, 0) is 4.79 Å². The number of nitrogens with one attached hydrogen (secondary N) is 1. The van der Waals surface area contributed by atoms with Gasteiger partial charge in [0.2, 0.25) is 0 Å². The van der Waals surface area contributed by atoms with E-state index >= 15 is 0 Å². The van der Waals surface area contributed by atoms with Crippen LogP contribution in [0.5, 0.6) is 0 Å². The van der Waals surface area contributed by atoms with Crippen molar-refractivity contribution in [3.05, 3.63) is 75.4 Å². The molecule has 0 atom stereocenters. The maximum Gasteiger partial charge on any atom is 0.275 e. The summed E-state index contributed by atoms with van der Waals surface area (Å²) in [6, 6.07) is 15.7. The topological polar surface area (TPSA) is 41.5 Å². The number of amidine groups is 1. The van der Waals surface area contributed by atoms with Crippen molar-refractivity contribution in [2.45, 2.75) is 6.92 Å². The third kappa shape index (κ3) is 3.11. The molecule has 1 aliphatic heterocycles. The van der Waals surface area contributed by atoms with E-state index in [1.165, 1.54) is 5.56 Å². The summed E-state index contributed by atoms with van der Waals surface area (Å²) in [5, 5.41) is 2.81. The van der Waals surface area contributed by atoms with E-state index < -0.39 is 0 Å². The minimum Gasteiger partial charge on any atom is -0.305 e. The number of carbonyl (C=O) groups excluding carboxylic acids is 1. The van der Waals surface area contributed by atoms with Crippen molar-refractivity contribution in [1.29, 1.82) is 0 Å². The lowest BCUT2D eigenvalue weighted by atomic mass is 10.1. The Balaban J connectivity index is 1.93. The molecule has 0 saturated carbocycles. The van der Waals surface area contributed by atoms with Crippen LogP contribution in [0.15, 0.2) is 63.7 Å². The number of nitrogens with zero attached hydrogens (tertiary/aromatic N) is 1. The van der Waals surface area contributed by atoms with Gasteiger partial charge in [-0.15, -0.1) is 0 Å². The van der Waals surface area contributed by atoms with Crippen molar-refractivity contribution >= 4 is 33.7 Å². The smallest absolute Gasteiger partial charge is 0.275 e. The van der Waals surface area contributed by atoms with Crippen molar-refractivity contribution in [2.75, 3.05) is 0 Å². The van der Waals surface area contributed by atoms with E-state index in [0.717, 1.165) is 15.6 Å². The van der Waals surface area contributed by atoms with Gasteiger partial charge in [0.05, 0.1) is 0 Å². The van der Waals surface area contributed by atoms with Gasteiger partial charge < -0.3 is 5.32 Å². The summed E-state index contributed by atoms with van der Waals surface area (Å²) in [5.74, 6) is 0.423. The number of hydrogen-bond donors (Lipinski definition) is 1. The Morgan fingerprint density at radius 3 is 2.62 bits per heavy atom. The van der Waals surface area contributed by atoms with Crippen LogP contribution in [0.4, 0.5) is 0 Å². The van der Waals surface area contributed by atoms with Gasteiger partial charge in [0.15, 0.2) is 0 Å². The van der Waals surface area contributed by atoms with Crippen molar-refractivity contribution in [3.63, 3.8) is 0 Å². The molecule has 3 rings (SSSR count). The van der Waals surface area contributed by atoms with E-state index in [9.17, 15) is 4.79 Å². The molecule has 0 radical (unpaired) electrons. The van der Waals surface area contributed by atoms with Crippen LogP contribution < -0.4 is 5.32 Å². The third-order valence-corrected chi connectivity index (χ3v) is 3.67. The number of benzene rings is 2. The molecule has 0 saturated heterocycles. The Labute approximate surface area is 131 Å². The summed E-state index contributed by atoms with van der Waals surface area (Å²) in [7, 11) is 0. The summed E-state index contributed by atoms with van der Waals surface area (Å²) >= 11 is 3.42. The third-order valence-electron chi connectivity index (χ3n) is 3.17. The van der Waals surface area contributed by atoms with Gasteiger partial charge in [-0.2, -0.15) is 0 Å². The van der Waals surface area contributed by atoms with Crippen LogP contribution in [-0.4, -0.2) is 11.7 Å². The van der Waals surface area contributed by atoms with Crippen LogP contribution in [0.1, 0.15) is 16.7 Å². The lowest BCUT2D eigenvalue weighted by molar-refractivity contribution is -0.115. The lowest BCUT2D eigenvalue weighted by Gasteiger charge is -2.00. The number of rotatable bonds is 2. The maximum atomic E-state index is 12.0. The van der Waals surface area contributed by atoms with Crippen LogP contribution in [0.25, 0.3) is 6.08 Å². The molecule has 0 fully saturated rings. The minimum absolute atomic E-state index is 0.175. The van der Waals surface area contributed by atoms with Crippen molar-refractivity contribution in [2.24, 2.45) is 4.99 Å². The fraction of sp³-hybridized carbons (Fsp3) is 0.0588. The van der Waals surface area contributed by atoms with Crippen molar-refractivity contribution < 1.29 is 4.79 Å². The average Bonchev–Trinajstić information content (AvgIpc) is 2.81. The summed E-state index contributed by atoms with van der Waals surface area (Å²) in [4.78, 5) is 16.4. The second-order valence-electron chi connectivity index (χ2n) is 4.87. The van der Waals surface area contributed by atoms with Gasteiger partial charge in [0, 0.05) is 10.0 Å². The number of aryl methyl sites for hydroxylation is 1. The van der Waals surface area contributed by atoms with Crippen molar-refractivity contribution in [1.82, 2.24) is 5.32 Å². The zero-order valence-corrected chi connectivity index (χ0v) is 13.0. The standard InChI is InChI=1S/C17H13BrN2O/c1-11-5-7-13(8-6-11)16-19-15(17(21)20-16)10-12-3-2-4-14(18)9-12/h2-10H,1H3,(H,19,20,21). The van der Waals surface area contributed by atoms with E-state index in [1.807, 2.05) is 55.5 Å². The zero-order valence-electron chi connectivity index (χ0n) is 11.4. The summed E-state index contributed by atoms with van der Waals surface area (Å²) < 4.78 is 0.970.